The van der Waals surface area contributed by atoms with E-state index in [4.69, 9.17) is 0 Å². The highest BCUT2D eigenvalue weighted by atomic mass is 19.4. The van der Waals surface area contributed by atoms with Crippen LogP contribution in [0.5, 0.6) is 0 Å². The van der Waals surface area contributed by atoms with E-state index < -0.39 is 12.8 Å². The van der Waals surface area contributed by atoms with Crippen LogP contribution in [0.3, 0.4) is 0 Å². The van der Waals surface area contributed by atoms with Crippen LogP contribution in [0.25, 0.3) is 0 Å². The Morgan fingerprint density at radius 2 is 2.10 bits per heavy atom. The Kier molecular flexibility index (Phi) is 5.47. The quantitative estimate of drug-likeness (QED) is 0.817. The Morgan fingerprint density at radius 3 is 2.81 bits per heavy atom. The molecule has 1 heterocycles. The van der Waals surface area contributed by atoms with Crippen molar-refractivity contribution in [2.75, 3.05) is 38.3 Å². The van der Waals surface area contributed by atoms with Gasteiger partial charge in [-0.2, -0.15) is 13.2 Å². The number of nitrogens with one attached hydrogen (secondary N) is 1. The lowest BCUT2D eigenvalue weighted by Crippen LogP contribution is -2.35. The molecule has 0 saturated carbocycles. The minimum atomic E-state index is -4.24. The number of nitrogens with zero attached hydrogens (tertiary/aromatic N) is 1. The van der Waals surface area contributed by atoms with Gasteiger partial charge in [-0.1, -0.05) is 18.2 Å². The lowest BCUT2D eigenvalue weighted by atomic mass is 9.96. The molecule has 1 N–H and O–H groups in total. The third kappa shape index (κ3) is 4.61. The minimum absolute atomic E-state index is 0.133. The van der Waals surface area contributed by atoms with Gasteiger partial charge < -0.3 is 15.0 Å². The zero-order valence-electron chi connectivity index (χ0n) is 12.1. The maximum Gasteiger partial charge on any atom is 0.411 e. The van der Waals surface area contributed by atoms with E-state index in [9.17, 15) is 13.2 Å². The van der Waals surface area contributed by atoms with Crippen LogP contribution in [0.4, 0.5) is 18.9 Å². The fourth-order valence-electron chi connectivity index (χ4n) is 2.71. The smallest absolute Gasteiger partial charge is 0.372 e. The minimum Gasteiger partial charge on any atom is -0.372 e. The SMILES string of the molecule is CNC1CCN(CCCOCC(F)(F)F)c2ccccc21. The molecule has 0 saturated heterocycles. The highest BCUT2D eigenvalue weighted by molar-refractivity contribution is 5.56. The molecule has 0 aliphatic carbocycles. The topological polar surface area (TPSA) is 24.5 Å². The van der Waals surface area contributed by atoms with Crippen molar-refractivity contribution in [1.82, 2.24) is 5.32 Å². The van der Waals surface area contributed by atoms with E-state index in [1.165, 1.54) is 11.3 Å². The summed E-state index contributed by atoms with van der Waals surface area (Å²) in [7, 11) is 1.95. The summed E-state index contributed by atoms with van der Waals surface area (Å²) < 4.78 is 40.6. The first kappa shape index (κ1) is 16.1. The molecular weight excluding hydrogens is 281 g/mol. The molecule has 1 atom stereocenters. The first-order valence-electron chi connectivity index (χ1n) is 7.17. The van der Waals surface area contributed by atoms with Crippen LogP contribution in [0.15, 0.2) is 24.3 Å². The molecule has 6 heteroatoms. The van der Waals surface area contributed by atoms with Gasteiger partial charge in [-0.3, -0.25) is 0 Å². The van der Waals surface area contributed by atoms with E-state index in [0.717, 1.165) is 13.0 Å². The summed E-state index contributed by atoms with van der Waals surface area (Å²) in [6.45, 7) is 0.589. The molecule has 2 rings (SSSR count). The third-order valence-corrected chi connectivity index (χ3v) is 3.67. The maximum atomic E-state index is 12.0. The summed E-state index contributed by atoms with van der Waals surface area (Å²) in [5, 5.41) is 3.30. The van der Waals surface area contributed by atoms with Crippen molar-refractivity contribution in [3.8, 4) is 0 Å². The largest absolute Gasteiger partial charge is 0.411 e. The Morgan fingerprint density at radius 1 is 1.33 bits per heavy atom. The van der Waals surface area contributed by atoms with E-state index in [1.807, 2.05) is 19.2 Å². The Labute approximate surface area is 123 Å². The molecule has 1 aliphatic heterocycles. The normalized spacial score (nSPS) is 18.7. The van der Waals surface area contributed by atoms with Gasteiger partial charge in [0.05, 0.1) is 0 Å². The van der Waals surface area contributed by atoms with Gasteiger partial charge in [-0.25, -0.2) is 0 Å². The standard InChI is InChI=1S/C15H21F3N2O/c1-19-13-7-9-20(14-6-3-2-5-12(13)14)8-4-10-21-11-15(16,17)18/h2-3,5-6,13,19H,4,7-11H2,1H3. The number of ether oxygens (including phenoxy) is 1. The molecule has 1 aromatic rings. The average Bonchev–Trinajstić information content (AvgIpc) is 2.45. The summed E-state index contributed by atoms with van der Waals surface area (Å²) in [5.41, 5.74) is 2.42. The van der Waals surface area contributed by atoms with Gasteiger partial charge in [0, 0.05) is 31.4 Å². The van der Waals surface area contributed by atoms with Crippen molar-refractivity contribution >= 4 is 5.69 Å². The van der Waals surface area contributed by atoms with Crippen LogP contribution in [-0.2, 0) is 4.74 Å². The summed E-state index contributed by atoms with van der Waals surface area (Å²) >= 11 is 0. The first-order chi connectivity index (χ1) is 10.0. The molecule has 0 amide bonds. The van der Waals surface area contributed by atoms with Gasteiger partial charge in [-0.15, -0.1) is 0 Å². The molecular formula is C15H21F3N2O. The average molecular weight is 302 g/mol. The van der Waals surface area contributed by atoms with Crippen LogP contribution in [0.2, 0.25) is 0 Å². The zero-order chi connectivity index (χ0) is 15.3. The number of hydrogen-bond acceptors (Lipinski definition) is 3. The predicted molar refractivity (Wildman–Crippen MR) is 76.6 cm³/mol. The van der Waals surface area contributed by atoms with Gasteiger partial charge in [0.25, 0.3) is 0 Å². The highest BCUT2D eigenvalue weighted by Gasteiger charge is 2.27. The molecule has 1 unspecified atom stereocenters. The van der Waals surface area contributed by atoms with Crippen LogP contribution in [0, 0.1) is 0 Å². The Hall–Kier alpha value is -1.27. The van der Waals surface area contributed by atoms with Crippen molar-refractivity contribution in [1.29, 1.82) is 0 Å². The first-order valence-corrected chi connectivity index (χ1v) is 7.17. The lowest BCUT2D eigenvalue weighted by molar-refractivity contribution is -0.173. The van der Waals surface area contributed by atoms with Crippen molar-refractivity contribution in [2.45, 2.75) is 25.1 Å². The fraction of sp³-hybridized carbons (Fsp3) is 0.600. The lowest BCUT2D eigenvalue weighted by Gasteiger charge is -2.35. The number of benzene rings is 1. The molecule has 0 spiro atoms. The van der Waals surface area contributed by atoms with Crippen molar-refractivity contribution < 1.29 is 17.9 Å². The van der Waals surface area contributed by atoms with Crippen molar-refractivity contribution in [3.05, 3.63) is 29.8 Å². The fourth-order valence-corrected chi connectivity index (χ4v) is 2.71. The Bertz CT molecular complexity index is 451. The summed E-state index contributed by atoms with van der Waals surface area (Å²) in [6.07, 6.45) is -2.65. The second-order valence-corrected chi connectivity index (χ2v) is 5.20. The summed E-state index contributed by atoms with van der Waals surface area (Å²) in [4.78, 5) is 2.22. The number of para-hydroxylation sites is 1. The molecule has 0 aromatic heterocycles. The number of anilines is 1. The van der Waals surface area contributed by atoms with Crippen LogP contribution < -0.4 is 10.2 Å². The number of rotatable bonds is 6. The number of halogens is 3. The number of alkyl halides is 3. The van der Waals surface area contributed by atoms with Gasteiger partial charge in [-0.05, 0) is 31.5 Å². The van der Waals surface area contributed by atoms with E-state index >= 15 is 0 Å². The van der Waals surface area contributed by atoms with Crippen LogP contribution in [-0.4, -0.2) is 39.5 Å². The zero-order valence-corrected chi connectivity index (χ0v) is 12.1. The second kappa shape index (κ2) is 7.13. The van der Waals surface area contributed by atoms with Gasteiger partial charge in [0.15, 0.2) is 0 Å². The molecule has 1 aromatic carbocycles. The van der Waals surface area contributed by atoms with Crippen LogP contribution in [0.1, 0.15) is 24.4 Å². The summed E-state index contributed by atoms with van der Waals surface area (Å²) in [5.74, 6) is 0. The molecule has 0 radical (unpaired) electrons. The Balaban J connectivity index is 1.85. The van der Waals surface area contributed by atoms with Crippen molar-refractivity contribution in [2.24, 2.45) is 0 Å². The predicted octanol–water partition coefficient (Wildman–Crippen LogP) is 3.13. The highest BCUT2D eigenvalue weighted by Crippen LogP contribution is 2.33. The second-order valence-electron chi connectivity index (χ2n) is 5.20. The third-order valence-electron chi connectivity index (χ3n) is 3.67. The van der Waals surface area contributed by atoms with E-state index in [0.29, 0.717) is 19.0 Å². The van der Waals surface area contributed by atoms with E-state index in [1.54, 1.807) is 0 Å². The molecule has 0 bridgehead atoms. The van der Waals surface area contributed by atoms with Gasteiger partial charge in [0.1, 0.15) is 6.61 Å². The number of fused-ring (bicyclic) bond motifs is 1. The number of hydrogen-bond donors (Lipinski definition) is 1. The van der Waals surface area contributed by atoms with Crippen LogP contribution >= 0.6 is 0 Å². The maximum absolute atomic E-state index is 12.0. The monoisotopic (exact) mass is 302 g/mol. The van der Waals surface area contributed by atoms with E-state index in [-0.39, 0.29) is 6.61 Å². The van der Waals surface area contributed by atoms with Gasteiger partial charge in [0.2, 0.25) is 0 Å². The molecule has 118 valence electrons. The molecule has 21 heavy (non-hydrogen) atoms. The summed E-state index contributed by atoms with van der Waals surface area (Å²) in [6, 6.07) is 8.51. The van der Waals surface area contributed by atoms with E-state index in [2.05, 4.69) is 27.1 Å². The molecule has 1 aliphatic rings. The van der Waals surface area contributed by atoms with Gasteiger partial charge >= 0.3 is 6.18 Å². The molecule has 3 nitrogen and oxygen atoms in total. The molecule has 0 fully saturated rings. The van der Waals surface area contributed by atoms with Crippen molar-refractivity contribution in [3.63, 3.8) is 0 Å².